The minimum Gasteiger partial charge on any atom is -0.490 e. The molecule has 1 aliphatic carbocycles. The summed E-state index contributed by atoms with van der Waals surface area (Å²) in [6.45, 7) is 3.99. The number of nitrogens with one attached hydrogen (secondary N) is 2. The van der Waals surface area contributed by atoms with E-state index >= 15 is 0 Å². The maximum atomic E-state index is 13.2. The number of halogens is 2. The van der Waals surface area contributed by atoms with Gasteiger partial charge in [0.05, 0.1) is 0 Å². The van der Waals surface area contributed by atoms with Gasteiger partial charge in [-0.2, -0.15) is 0 Å². The molecule has 0 unspecified atom stereocenters. The predicted octanol–water partition coefficient (Wildman–Crippen LogP) is 3.93. The predicted molar refractivity (Wildman–Crippen MR) is 117 cm³/mol. The summed E-state index contributed by atoms with van der Waals surface area (Å²) >= 11 is 0. The first-order valence-corrected chi connectivity index (χ1v) is 11.6. The number of amides is 2. The van der Waals surface area contributed by atoms with Crippen LogP contribution in [0.4, 0.5) is 19.3 Å². The highest BCUT2D eigenvalue weighted by Crippen LogP contribution is 2.29. The molecule has 31 heavy (non-hydrogen) atoms. The minimum absolute atomic E-state index is 0.104. The topological polar surface area (TPSA) is 56.8 Å². The Labute approximate surface area is 183 Å². The van der Waals surface area contributed by atoms with E-state index in [4.69, 9.17) is 4.74 Å². The summed E-state index contributed by atoms with van der Waals surface area (Å²) in [7, 11) is 0. The number of carbonyl (C=O) groups excluding carboxylic acids is 1. The van der Waals surface area contributed by atoms with Gasteiger partial charge in [0, 0.05) is 63.8 Å². The number of piperidine rings is 2. The van der Waals surface area contributed by atoms with Crippen LogP contribution in [0.25, 0.3) is 0 Å². The van der Waals surface area contributed by atoms with Gasteiger partial charge in [-0.25, -0.2) is 13.6 Å². The largest absolute Gasteiger partial charge is 0.490 e. The Balaban J connectivity index is 1.12. The SMILES string of the molecule is O=C(NCCN1CCC(F)(F)CC1)Nc1ccc(OC2CCN(C3CCC3)CC2)cc1. The van der Waals surface area contributed by atoms with E-state index in [-0.39, 0.29) is 25.0 Å². The number of rotatable bonds is 7. The Morgan fingerprint density at radius 3 is 2.32 bits per heavy atom. The van der Waals surface area contributed by atoms with E-state index in [2.05, 4.69) is 15.5 Å². The summed E-state index contributed by atoms with van der Waals surface area (Å²) in [6, 6.07) is 7.97. The van der Waals surface area contributed by atoms with Gasteiger partial charge in [-0.1, -0.05) is 6.42 Å². The zero-order chi connectivity index (χ0) is 21.7. The quantitative estimate of drug-likeness (QED) is 0.680. The van der Waals surface area contributed by atoms with Gasteiger partial charge in [0.25, 0.3) is 5.92 Å². The third-order valence-corrected chi connectivity index (χ3v) is 6.78. The van der Waals surface area contributed by atoms with Crippen molar-refractivity contribution < 1.29 is 18.3 Å². The minimum atomic E-state index is -2.54. The molecule has 1 aromatic carbocycles. The van der Waals surface area contributed by atoms with Crippen molar-refractivity contribution in [2.45, 2.75) is 63.0 Å². The molecule has 2 amide bonds. The molecule has 8 heteroatoms. The lowest BCUT2D eigenvalue weighted by Gasteiger charge is -2.41. The van der Waals surface area contributed by atoms with Crippen molar-refractivity contribution >= 4 is 11.7 Å². The number of ether oxygens (including phenoxy) is 1. The highest BCUT2D eigenvalue weighted by Gasteiger charge is 2.33. The zero-order valence-corrected chi connectivity index (χ0v) is 18.1. The number of nitrogens with zero attached hydrogens (tertiary/aromatic N) is 2. The van der Waals surface area contributed by atoms with Gasteiger partial charge in [-0.3, -0.25) is 0 Å². The molecule has 0 bridgehead atoms. The Hall–Kier alpha value is -1.93. The molecular weight excluding hydrogens is 402 g/mol. The summed E-state index contributed by atoms with van der Waals surface area (Å²) in [5.41, 5.74) is 0.697. The fraction of sp³-hybridized carbons (Fsp3) is 0.696. The molecule has 2 saturated heterocycles. The number of carbonyl (C=O) groups is 1. The first kappa shape index (κ1) is 22.3. The Kier molecular flexibility index (Phi) is 7.27. The second-order valence-electron chi connectivity index (χ2n) is 9.04. The number of hydrogen-bond acceptors (Lipinski definition) is 4. The third kappa shape index (κ3) is 6.53. The highest BCUT2D eigenvalue weighted by atomic mass is 19.3. The van der Waals surface area contributed by atoms with Crippen LogP contribution >= 0.6 is 0 Å². The molecule has 0 spiro atoms. The summed E-state index contributed by atoms with van der Waals surface area (Å²) in [6.07, 6.45) is 6.25. The van der Waals surface area contributed by atoms with Crippen molar-refractivity contribution in [2.75, 3.05) is 44.6 Å². The number of alkyl halides is 2. The van der Waals surface area contributed by atoms with Crippen molar-refractivity contribution in [3.63, 3.8) is 0 Å². The molecule has 3 fully saturated rings. The Morgan fingerprint density at radius 1 is 1.03 bits per heavy atom. The first-order valence-electron chi connectivity index (χ1n) is 11.6. The average molecular weight is 437 g/mol. The fourth-order valence-electron chi connectivity index (χ4n) is 4.53. The number of benzene rings is 1. The van der Waals surface area contributed by atoms with E-state index in [1.165, 1.54) is 19.3 Å². The summed E-state index contributed by atoms with van der Waals surface area (Å²) < 4.78 is 32.5. The van der Waals surface area contributed by atoms with Crippen LogP contribution in [0.5, 0.6) is 5.75 Å². The fourth-order valence-corrected chi connectivity index (χ4v) is 4.53. The van der Waals surface area contributed by atoms with Crippen molar-refractivity contribution in [1.29, 1.82) is 0 Å². The molecule has 6 nitrogen and oxygen atoms in total. The molecule has 4 rings (SSSR count). The lowest BCUT2D eigenvalue weighted by molar-refractivity contribution is -0.0546. The van der Waals surface area contributed by atoms with Crippen LogP contribution in [-0.2, 0) is 0 Å². The maximum absolute atomic E-state index is 13.2. The van der Waals surface area contributed by atoms with E-state index < -0.39 is 5.92 Å². The molecule has 2 heterocycles. The molecule has 0 radical (unpaired) electrons. The third-order valence-electron chi connectivity index (χ3n) is 6.78. The van der Waals surface area contributed by atoms with Crippen LogP contribution in [0.15, 0.2) is 24.3 Å². The van der Waals surface area contributed by atoms with Gasteiger partial charge in [0.15, 0.2) is 0 Å². The van der Waals surface area contributed by atoms with Gasteiger partial charge in [-0.15, -0.1) is 0 Å². The lowest BCUT2D eigenvalue weighted by Crippen LogP contribution is -2.46. The molecule has 1 saturated carbocycles. The molecule has 172 valence electrons. The van der Waals surface area contributed by atoms with Crippen LogP contribution in [0.2, 0.25) is 0 Å². The van der Waals surface area contributed by atoms with Crippen molar-refractivity contribution in [3.05, 3.63) is 24.3 Å². The maximum Gasteiger partial charge on any atom is 0.319 e. The van der Waals surface area contributed by atoms with Crippen LogP contribution in [-0.4, -0.2) is 73.2 Å². The molecule has 0 aromatic heterocycles. The number of likely N-dealkylation sites (tertiary alicyclic amines) is 2. The van der Waals surface area contributed by atoms with Gasteiger partial charge < -0.3 is 25.2 Å². The zero-order valence-electron chi connectivity index (χ0n) is 18.1. The van der Waals surface area contributed by atoms with Crippen LogP contribution in [0.1, 0.15) is 44.9 Å². The van der Waals surface area contributed by atoms with Crippen LogP contribution in [0.3, 0.4) is 0 Å². The monoisotopic (exact) mass is 436 g/mol. The molecule has 0 atom stereocenters. The van der Waals surface area contributed by atoms with E-state index in [0.717, 1.165) is 37.7 Å². The molecule has 2 aliphatic heterocycles. The molecule has 2 N–H and O–H groups in total. The van der Waals surface area contributed by atoms with Gasteiger partial charge in [0.2, 0.25) is 0 Å². The van der Waals surface area contributed by atoms with Crippen molar-refractivity contribution in [3.8, 4) is 5.75 Å². The van der Waals surface area contributed by atoms with E-state index in [0.29, 0.717) is 31.9 Å². The van der Waals surface area contributed by atoms with Gasteiger partial charge in [-0.05, 0) is 49.9 Å². The molecule has 3 aliphatic rings. The average Bonchev–Trinajstić information content (AvgIpc) is 2.71. The second-order valence-corrected chi connectivity index (χ2v) is 9.04. The standard InChI is InChI=1S/C23H34F2N4O2/c24-23(25)10-15-28(16-11-23)17-12-26-22(30)27-18-4-6-20(7-5-18)31-21-8-13-29(14-9-21)19-2-1-3-19/h4-7,19,21H,1-3,8-17H2,(H2,26,27,30). The van der Waals surface area contributed by atoms with Crippen LogP contribution in [0, 0.1) is 0 Å². The van der Waals surface area contributed by atoms with Gasteiger partial charge >= 0.3 is 6.03 Å². The smallest absolute Gasteiger partial charge is 0.319 e. The summed E-state index contributed by atoms with van der Waals surface area (Å²) in [4.78, 5) is 16.6. The Bertz CT molecular complexity index is 709. The number of urea groups is 1. The van der Waals surface area contributed by atoms with E-state index in [9.17, 15) is 13.6 Å². The Morgan fingerprint density at radius 2 is 1.71 bits per heavy atom. The number of anilines is 1. The number of hydrogen-bond donors (Lipinski definition) is 2. The normalized spacial score (nSPS) is 23.2. The van der Waals surface area contributed by atoms with E-state index in [1.54, 1.807) is 0 Å². The lowest BCUT2D eigenvalue weighted by atomic mass is 9.90. The second kappa shape index (κ2) is 10.1. The molecule has 1 aromatic rings. The molecular formula is C23H34F2N4O2. The highest BCUT2D eigenvalue weighted by molar-refractivity contribution is 5.89. The van der Waals surface area contributed by atoms with Gasteiger partial charge in [0.1, 0.15) is 11.9 Å². The summed E-state index contributed by atoms with van der Waals surface area (Å²) in [5.74, 6) is -1.71. The van der Waals surface area contributed by atoms with Crippen LogP contribution < -0.4 is 15.4 Å². The summed E-state index contributed by atoms with van der Waals surface area (Å²) in [5, 5.41) is 5.59. The van der Waals surface area contributed by atoms with E-state index in [1.807, 2.05) is 29.2 Å². The van der Waals surface area contributed by atoms with Crippen molar-refractivity contribution in [2.24, 2.45) is 0 Å². The van der Waals surface area contributed by atoms with Crippen molar-refractivity contribution in [1.82, 2.24) is 15.1 Å². The first-order chi connectivity index (χ1) is 15.0.